The van der Waals surface area contributed by atoms with Crippen molar-refractivity contribution in [2.75, 3.05) is 13.1 Å². The number of guanidine groups is 1. The van der Waals surface area contributed by atoms with Crippen molar-refractivity contribution in [1.82, 2.24) is 20.4 Å². The minimum atomic E-state index is -1.11. The molecule has 0 bridgehead atoms. The van der Waals surface area contributed by atoms with Crippen LogP contribution in [0, 0.1) is 5.82 Å². The molecule has 1 aromatic carbocycles. The molecular weight excluding hydrogens is 516 g/mol. The van der Waals surface area contributed by atoms with E-state index in [1.165, 1.54) is 6.07 Å². The molecule has 0 spiro atoms. The minimum absolute atomic E-state index is 0. The molecule has 0 radical (unpaired) electrons. The summed E-state index contributed by atoms with van der Waals surface area (Å²) in [6, 6.07) is 4.76. The molecule has 6 nitrogen and oxygen atoms in total. The van der Waals surface area contributed by atoms with Gasteiger partial charge in [-0.15, -0.1) is 24.0 Å². The topological polar surface area (TPSA) is 74.5 Å². The number of aliphatic imine (C=N–C) groups is 1. The van der Waals surface area contributed by atoms with Gasteiger partial charge < -0.3 is 15.7 Å². The first-order chi connectivity index (χ1) is 11.8. The first-order valence-electron chi connectivity index (χ1n) is 7.99. The number of hydrogen-bond donors (Lipinski definition) is 3. The third kappa shape index (κ3) is 6.51. The van der Waals surface area contributed by atoms with E-state index in [9.17, 15) is 9.50 Å². The normalized spacial score (nSPS) is 13.7. The van der Waals surface area contributed by atoms with Gasteiger partial charge in [0.05, 0.1) is 19.3 Å². The molecular formula is C17H24BrFIN5O. The van der Waals surface area contributed by atoms with Crippen LogP contribution in [0.1, 0.15) is 25.0 Å². The molecule has 0 saturated heterocycles. The summed E-state index contributed by atoms with van der Waals surface area (Å²) in [6.07, 6.45) is 3.39. The Kier molecular flexibility index (Phi) is 8.97. The predicted octanol–water partition coefficient (Wildman–Crippen LogP) is 2.90. The summed E-state index contributed by atoms with van der Waals surface area (Å²) in [7, 11) is 1.80. The second-order valence-corrected chi connectivity index (χ2v) is 6.88. The van der Waals surface area contributed by atoms with Crippen molar-refractivity contribution < 1.29 is 9.50 Å². The summed E-state index contributed by atoms with van der Waals surface area (Å²) in [4.78, 5) is 4.39. The lowest BCUT2D eigenvalue weighted by atomic mass is 10.00. The molecule has 1 heterocycles. The van der Waals surface area contributed by atoms with Crippen molar-refractivity contribution in [2.45, 2.75) is 26.0 Å². The molecule has 1 unspecified atom stereocenters. The lowest BCUT2D eigenvalue weighted by molar-refractivity contribution is 0.0616. The number of benzene rings is 1. The molecule has 144 valence electrons. The van der Waals surface area contributed by atoms with Crippen LogP contribution in [-0.4, -0.2) is 33.9 Å². The molecule has 0 aliphatic rings. The molecule has 2 rings (SSSR count). The van der Waals surface area contributed by atoms with Gasteiger partial charge in [-0.05, 0) is 32.0 Å². The van der Waals surface area contributed by atoms with Gasteiger partial charge in [0.15, 0.2) is 5.96 Å². The monoisotopic (exact) mass is 539 g/mol. The summed E-state index contributed by atoms with van der Waals surface area (Å²) in [5.74, 6) is 0.205. The average Bonchev–Trinajstić information content (AvgIpc) is 3.00. The van der Waals surface area contributed by atoms with Crippen LogP contribution in [0.15, 0.2) is 40.1 Å². The Bertz CT molecular complexity index is 751. The van der Waals surface area contributed by atoms with E-state index >= 15 is 0 Å². The predicted molar refractivity (Wildman–Crippen MR) is 115 cm³/mol. The zero-order chi connectivity index (χ0) is 18.4. The highest BCUT2D eigenvalue weighted by Crippen LogP contribution is 2.19. The van der Waals surface area contributed by atoms with Gasteiger partial charge in [-0.25, -0.2) is 9.38 Å². The summed E-state index contributed by atoms with van der Waals surface area (Å²) >= 11 is 3.33. The Hall–Kier alpha value is -1.20. The van der Waals surface area contributed by atoms with Gasteiger partial charge in [0, 0.05) is 35.4 Å². The van der Waals surface area contributed by atoms with Gasteiger partial charge in [-0.2, -0.15) is 5.10 Å². The Morgan fingerprint density at radius 1 is 1.42 bits per heavy atom. The van der Waals surface area contributed by atoms with Crippen LogP contribution >= 0.6 is 39.9 Å². The lowest BCUT2D eigenvalue weighted by Gasteiger charge is -2.23. The van der Waals surface area contributed by atoms with Crippen molar-refractivity contribution in [1.29, 1.82) is 0 Å². The van der Waals surface area contributed by atoms with Crippen LogP contribution in [0.25, 0.3) is 0 Å². The number of hydrogen-bond acceptors (Lipinski definition) is 3. The van der Waals surface area contributed by atoms with E-state index in [0.29, 0.717) is 23.6 Å². The molecule has 0 saturated carbocycles. The van der Waals surface area contributed by atoms with Crippen molar-refractivity contribution in [3.8, 4) is 0 Å². The first kappa shape index (κ1) is 22.8. The average molecular weight is 540 g/mol. The molecule has 26 heavy (non-hydrogen) atoms. The van der Waals surface area contributed by atoms with Gasteiger partial charge in [0.25, 0.3) is 0 Å². The van der Waals surface area contributed by atoms with Crippen LogP contribution in [0.2, 0.25) is 0 Å². The van der Waals surface area contributed by atoms with Crippen LogP contribution in [0.3, 0.4) is 0 Å². The maximum Gasteiger partial charge on any atom is 0.191 e. The number of aromatic nitrogens is 2. The van der Waals surface area contributed by atoms with Crippen molar-refractivity contribution in [2.24, 2.45) is 12.0 Å². The van der Waals surface area contributed by atoms with Gasteiger partial charge in [0.2, 0.25) is 0 Å². The van der Waals surface area contributed by atoms with Crippen molar-refractivity contribution >= 4 is 45.9 Å². The second-order valence-electron chi connectivity index (χ2n) is 5.96. The smallest absolute Gasteiger partial charge is 0.191 e. The van der Waals surface area contributed by atoms with Crippen molar-refractivity contribution in [3.05, 3.63) is 52.0 Å². The molecule has 9 heteroatoms. The fourth-order valence-corrected chi connectivity index (χ4v) is 2.64. The number of aryl methyl sites for hydroxylation is 1. The van der Waals surface area contributed by atoms with E-state index in [4.69, 9.17) is 0 Å². The van der Waals surface area contributed by atoms with Crippen LogP contribution in [-0.2, 0) is 19.2 Å². The number of nitrogens with one attached hydrogen (secondary N) is 2. The second kappa shape index (κ2) is 10.2. The zero-order valence-corrected chi connectivity index (χ0v) is 18.9. The number of halogens is 3. The number of aliphatic hydroxyl groups is 1. The highest BCUT2D eigenvalue weighted by molar-refractivity contribution is 14.0. The van der Waals surface area contributed by atoms with E-state index in [1.54, 1.807) is 43.2 Å². The van der Waals surface area contributed by atoms with Gasteiger partial charge >= 0.3 is 0 Å². The molecule has 2 aromatic rings. The highest BCUT2D eigenvalue weighted by atomic mass is 127. The van der Waals surface area contributed by atoms with Crippen molar-refractivity contribution in [3.63, 3.8) is 0 Å². The Labute approximate surface area is 178 Å². The maximum atomic E-state index is 13.8. The number of nitrogens with zero attached hydrogens (tertiary/aromatic N) is 3. The standard InChI is InChI=1S/C17H23BrFN5O.HI/c1-4-20-16(21-8-12-7-14(18)5-6-15(12)19)22-11-17(2,25)13-9-23-24(3)10-13;/h5-7,9-10,25H,4,8,11H2,1-3H3,(H2,20,21,22);1H. The number of rotatable bonds is 6. The Morgan fingerprint density at radius 3 is 2.77 bits per heavy atom. The van der Waals surface area contributed by atoms with Gasteiger partial charge in [-0.1, -0.05) is 15.9 Å². The van der Waals surface area contributed by atoms with E-state index in [-0.39, 0.29) is 42.9 Å². The summed E-state index contributed by atoms with van der Waals surface area (Å²) in [5.41, 5.74) is 0.0906. The van der Waals surface area contributed by atoms with Crippen LogP contribution in [0.4, 0.5) is 4.39 Å². The third-order valence-corrected chi connectivity index (χ3v) is 4.18. The SMILES string of the molecule is CCNC(=NCc1cc(Br)ccc1F)NCC(C)(O)c1cnn(C)c1.I. The Balaban J connectivity index is 0.00000338. The van der Waals surface area contributed by atoms with E-state index in [1.807, 2.05) is 6.92 Å². The molecule has 0 fully saturated rings. The summed E-state index contributed by atoms with van der Waals surface area (Å²) in [6.45, 7) is 4.73. The maximum absolute atomic E-state index is 13.8. The third-order valence-electron chi connectivity index (χ3n) is 3.69. The first-order valence-corrected chi connectivity index (χ1v) is 8.78. The van der Waals surface area contributed by atoms with Gasteiger partial charge in [-0.3, -0.25) is 4.68 Å². The Morgan fingerprint density at radius 2 is 2.15 bits per heavy atom. The van der Waals surface area contributed by atoms with Gasteiger partial charge in [0.1, 0.15) is 11.4 Å². The largest absolute Gasteiger partial charge is 0.383 e. The van der Waals surface area contributed by atoms with E-state index in [2.05, 4.69) is 36.7 Å². The quantitative estimate of drug-likeness (QED) is 0.300. The molecule has 1 atom stereocenters. The molecule has 1 aromatic heterocycles. The molecule has 3 N–H and O–H groups in total. The molecule has 0 amide bonds. The highest BCUT2D eigenvalue weighted by Gasteiger charge is 2.25. The molecule has 0 aliphatic carbocycles. The van der Waals surface area contributed by atoms with E-state index in [0.717, 1.165) is 4.47 Å². The summed E-state index contributed by atoms with van der Waals surface area (Å²) in [5, 5.41) is 20.9. The zero-order valence-electron chi connectivity index (χ0n) is 15.0. The van der Waals surface area contributed by atoms with E-state index < -0.39 is 5.60 Å². The fraction of sp³-hybridized carbons (Fsp3) is 0.412. The summed E-state index contributed by atoms with van der Waals surface area (Å²) < 4.78 is 16.3. The fourth-order valence-electron chi connectivity index (χ4n) is 2.23. The molecule has 0 aliphatic heterocycles. The van der Waals surface area contributed by atoms with Crippen LogP contribution < -0.4 is 10.6 Å². The lowest BCUT2D eigenvalue weighted by Crippen LogP contribution is -2.44. The minimum Gasteiger partial charge on any atom is -0.383 e. The van der Waals surface area contributed by atoms with Crippen LogP contribution in [0.5, 0.6) is 0 Å².